The van der Waals surface area contributed by atoms with Crippen LogP contribution < -0.4 is 5.32 Å². The summed E-state index contributed by atoms with van der Waals surface area (Å²) in [7, 11) is 0. The Kier molecular flexibility index (Phi) is 6.42. The molecule has 0 radical (unpaired) electrons. The highest BCUT2D eigenvalue weighted by molar-refractivity contribution is 8.00. The van der Waals surface area contributed by atoms with Gasteiger partial charge in [-0.3, -0.25) is 9.59 Å². The molecule has 0 aliphatic carbocycles. The van der Waals surface area contributed by atoms with Gasteiger partial charge in [-0.1, -0.05) is 48.5 Å². The lowest BCUT2D eigenvalue weighted by Gasteiger charge is -2.24. The first-order valence-electron chi connectivity index (χ1n) is 10.4. The second kappa shape index (κ2) is 9.40. The van der Waals surface area contributed by atoms with Crippen LogP contribution in [-0.2, 0) is 11.2 Å². The van der Waals surface area contributed by atoms with Crippen LogP contribution in [0.2, 0.25) is 0 Å². The van der Waals surface area contributed by atoms with Gasteiger partial charge in [0, 0.05) is 17.8 Å². The molecular weight excluding hydrogens is 404 g/mol. The molecule has 0 spiro atoms. The number of rotatable bonds is 6. The van der Waals surface area contributed by atoms with Gasteiger partial charge in [0.05, 0.1) is 5.75 Å². The molecule has 0 bridgehead atoms. The Morgan fingerprint density at radius 3 is 2.45 bits per heavy atom. The van der Waals surface area contributed by atoms with E-state index in [1.807, 2.05) is 72.5 Å². The molecule has 3 aromatic carbocycles. The van der Waals surface area contributed by atoms with Crippen LogP contribution in [0.5, 0.6) is 0 Å². The normalized spacial score (nSPS) is 15.9. The molecule has 1 N–H and O–H groups in total. The van der Waals surface area contributed by atoms with E-state index in [0.717, 1.165) is 23.2 Å². The first-order valence-corrected chi connectivity index (χ1v) is 11.5. The van der Waals surface area contributed by atoms with E-state index < -0.39 is 0 Å². The molecule has 1 heterocycles. The zero-order valence-electron chi connectivity index (χ0n) is 17.8. The van der Waals surface area contributed by atoms with Gasteiger partial charge in [0.25, 0.3) is 5.91 Å². The second-order valence-electron chi connectivity index (χ2n) is 7.86. The van der Waals surface area contributed by atoms with Crippen LogP contribution in [0.1, 0.15) is 38.0 Å². The summed E-state index contributed by atoms with van der Waals surface area (Å²) in [5.41, 5.74) is 6.01. The molecule has 4 nitrogen and oxygen atoms in total. The maximum absolute atomic E-state index is 12.6. The minimum atomic E-state index is -0.133. The van der Waals surface area contributed by atoms with E-state index in [1.165, 1.54) is 11.1 Å². The van der Waals surface area contributed by atoms with Gasteiger partial charge in [0.1, 0.15) is 5.37 Å². The highest BCUT2D eigenvalue weighted by Gasteiger charge is 2.32. The molecule has 158 valence electrons. The maximum Gasteiger partial charge on any atom is 0.255 e. The van der Waals surface area contributed by atoms with Crippen molar-refractivity contribution in [3.8, 4) is 0 Å². The van der Waals surface area contributed by atoms with Gasteiger partial charge in [0.15, 0.2) is 0 Å². The number of carbonyl (C=O) groups is 2. The van der Waals surface area contributed by atoms with Crippen molar-refractivity contribution in [2.75, 3.05) is 17.6 Å². The third kappa shape index (κ3) is 5.00. The van der Waals surface area contributed by atoms with Gasteiger partial charge in [-0.25, -0.2) is 0 Å². The summed E-state index contributed by atoms with van der Waals surface area (Å²) >= 11 is 1.64. The summed E-state index contributed by atoms with van der Waals surface area (Å²) in [6.45, 7) is 4.77. The van der Waals surface area contributed by atoms with Crippen LogP contribution >= 0.6 is 11.8 Å². The number of aryl methyl sites for hydroxylation is 2. The minimum absolute atomic E-state index is 0.00642. The molecule has 1 aliphatic heterocycles. The average Bonchev–Trinajstić information content (AvgIpc) is 3.16. The summed E-state index contributed by atoms with van der Waals surface area (Å²) in [6, 6.07) is 23.7. The zero-order valence-corrected chi connectivity index (χ0v) is 18.6. The summed E-state index contributed by atoms with van der Waals surface area (Å²) < 4.78 is 0. The molecule has 31 heavy (non-hydrogen) atoms. The summed E-state index contributed by atoms with van der Waals surface area (Å²) in [5.74, 6) is 0.530. The van der Waals surface area contributed by atoms with Gasteiger partial charge in [-0.15, -0.1) is 11.8 Å². The second-order valence-corrected chi connectivity index (χ2v) is 8.93. The summed E-state index contributed by atoms with van der Waals surface area (Å²) in [6.07, 6.45) is 0.833. The quantitative estimate of drug-likeness (QED) is 0.572. The van der Waals surface area contributed by atoms with Crippen molar-refractivity contribution >= 4 is 29.3 Å². The third-order valence-electron chi connectivity index (χ3n) is 5.68. The fraction of sp³-hybridized carbons (Fsp3) is 0.231. The number of nitrogens with zero attached hydrogens (tertiary/aromatic N) is 1. The van der Waals surface area contributed by atoms with Gasteiger partial charge in [0.2, 0.25) is 5.91 Å². The number of amides is 2. The van der Waals surface area contributed by atoms with E-state index in [4.69, 9.17) is 0 Å². The SMILES string of the molecule is Cc1ccc(NC(=O)c2ccc([C@H]3SCC(=O)N3CCc3ccccc3)cc2)cc1C. The topological polar surface area (TPSA) is 49.4 Å². The molecular formula is C26H26N2O2S. The Morgan fingerprint density at radius 2 is 1.74 bits per heavy atom. The van der Waals surface area contributed by atoms with Crippen LogP contribution in [0.3, 0.4) is 0 Å². The number of benzene rings is 3. The summed E-state index contributed by atoms with van der Waals surface area (Å²) in [4.78, 5) is 27.0. The van der Waals surface area contributed by atoms with Gasteiger partial charge >= 0.3 is 0 Å². The highest BCUT2D eigenvalue weighted by Crippen LogP contribution is 2.38. The molecule has 4 rings (SSSR count). The number of nitrogens with one attached hydrogen (secondary N) is 1. The largest absolute Gasteiger partial charge is 0.326 e. The van der Waals surface area contributed by atoms with Crippen LogP contribution in [-0.4, -0.2) is 29.0 Å². The highest BCUT2D eigenvalue weighted by atomic mass is 32.2. The zero-order chi connectivity index (χ0) is 21.8. The molecule has 1 fully saturated rings. The molecule has 0 saturated carbocycles. The Balaban J connectivity index is 1.43. The van der Waals surface area contributed by atoms with E-state index in [9.17, 15) is 9.59 Å². The molecule has 0 unspecified atom stereocenters. The van der Waals surface area contributed by atoms with Crippen molar-refractivity contribution in [3.63, 3.8) is 0 Å². The smallest absolute Gasteiger partial charge is 0.255 e. The van der Waals surface area contributed by atoms with Gasteiger partial charge in [-0.2, -0.15) is 0 Å². The molecule has 1 aliphatic rings. The van der Waals surface area contributed by atoms with Crippen molar-refractivity contribution in [2.24, 2.45) is 0 Å². The molecule has 3 aromatic rings. The van der Waals surface area contributed by atoms with Gasteiger partial charge in [-0.05, 0) is 66.8 Å². The lowest BCUT2D eigenvalue weighted by Crippen LogP contribution is -2.30. The van der Waals surface area contributed by atoms with Crippen molar-refractivity contribution in [3.05, 3.63) is 101 Å². The van der Waals surface area contributed by atoms with E-state index in [-0.39, 0.29) is 17.2 Å². The van der Waals surface area contributed by atoms with E-state index in [2.05, 4.69) is 24.4 Å². The lowest BCUT2D eigenvalue weighted by atomic mass is 10.1. The van der Waals surface area contributed by atoms with E-state index in [1.54, 1.807) is 11.8 Å². The number of hydrogen-bond donors (Lipinski definition) is 1. The Labute approximate surface area is 187 Å². The maximum atomic E-state index is 12.6. The standard InChI is InChI=1S/C26H26N2O2S/c1-18-8-13-23(16-19(18)2)27-25(30)21-9-11-22(12-10-21)26-28(24(29)17-31-26)15-14-20-6-4-3-5-7-20/h3-13,16,26H,14-15,17H2,1-2H3,(H,27,30)/t26-/m1/s1. The van der Waals surface area contributed by atoms with Crippen molar-refractivity contribution < 1.29 is 9.59 Å². The van der Waals surface area contributed by atoms with E-state index >= 15 is 0 Å². The van der Waals surface area contributed by atoms with Crippen molar-refractivity contribution in [1.29, 1.82) is 0 Å². The monoisotopic (exact) mass is 430 g/mol. The molecule has 0 aromatic heterocycles. The Bertz CT molecular complexity index is 1080. The molecule has 1 atom stereocenters. The lowest BCUT2D eigenvalue weighted by molar-refractivity contribution is -0.128. The molecule has 5 heteroatoms. The number of hydrogen-bond acceptors (Lipinski definition) is 3. The van der Waals surface area contributed by atoms with Crippen LogP contribution in [0, 0.1) is 13.8 Å². The minimum Gasteiger partial charge on any atom is -0.326 e. The van der Waals surface area contributed by atoms with Crippen LogP contribution in [0.25, 0.3) is 0 Å². The predicted octanol–water partition coefficient (Wildman–Crippen LogP) is 5.37. The molecule has 1 saturated heterocycles. The first kappa shape index (κ1) is 21.2. The summed E-state index contributed by atoms with van der Waals surface area (Å²) in [5, 5.41) is 2.95. The van der Waals surface area contributed by atoms with E-state index in [0.29, 0.717) is 17.9 Å². The Morgan fingerprint density at radius 1 is 1.00 bits per heavy atom. The van der Waals surface area contributed by atoms with Gasteiger partial charge < -0.3 is 10.2 Å². The van der Waals surface area contributed by atoms with Crippen LogP contribution in [0.4, 0.5) is 5.69 Å². The predicted molar refractivity (Wildman–Crippen MR) is 127 cm³/mol. The fourth-order valence-electron chi connectivity index (χ4n) is 3.69. The Hall–Kier alpha value is -3.05. The first-order chi connectivity index (χ1) is 15.0. The average molecular weight is 431 g/mol. The van der Waals surface area contributed by atoms with Crippen molar-refractivity contribution in [1.82, 2.24) is 4.90 Å². The third-order valence-corrected chi connectivity index (χ3v) is 6.93. The number of anilines is 1. The number of thioether (sulfide) groups is 1. The fourth-order valence-corrected chi connectivity index (χ4v) is 4.91. The van der Waals surface area contributed by atoms with Crippen LogP contribution in [0.15, 0.2) is 72.8 Å². The van der Waals surface area contributed by atoms with Crippen molar-refractivity contribution in [2.45, 2.75) is 25.6 Å². The number of carbonyl (C=O) groups excluding carboxylic acids is 2. The molecule has 2 amide bonds.